The summed E-state index contributed by atoms with van der Waals surface area (Å²) in [5.41, 5.74) is 7.10. The van der Waals surface area contributed by atoms with Gasteiger partial charge in [-0.1, -0.05) is 6.07 Å². The molecule has 2 N–H and O–H groups in total. The summed E-state index contributed by atoms with van der Waals surface area (Å²) in [6.07, 6.45) is 4.24. The van der Waals surface area contributed by atoms with Gasteiger partial charge in [-0.05, 0) is 31.7 Å². The highest BCUT2D eigenvalue weighted by molar-refractivity contribution is 5.47. The van der Waals surface area contributed by atoms with E-state index >= 15 is 0 Å². The van der Waals surface area contributed by atoms with Crippen LogP contribution in [0.2, 0.25) is 0 Å². The zero-order valence-electron chi connectivity index (χ0n) is 11.3. The molecule has 4 heteroatoms. The van der Waals surface area contributed by atoms with Crippen molar-refractivity contribution >= 4 is 5.82 Å². The Balaban J connectivity index is 2.05. The van der Waals surface area contributed by atoms with Crippen molar-refractivity contribution in [1.82, 2.24) is 4.98 Å². The Morgan fingerprint density at radius 3 is 3.11 bits per heavy atom. The predicted octanol–water partition coefficient (Wildman–Crippen LogP) is 1.96. The van der Waals surface area contributed by atoms with Crippen molar-refractivity contribution in [3.8, 4) is 0 Å². The fourth-order valence-electron chi connectivity index (χ4n) is 2.51. The van der Waals surface area contributed by atoms with Crippen molar-refractivity contribution < 1.29 is 4.74 Å². The maximum absolute atomic E-state index is 5.99. The minimum Gasteiger partial charge on any atom is -0.381 e. The van der Waals surface area contributed by atoms with Gasteiger partial charge in [-0.25, -0.2) is 4.98 Å². The van der Waals surface area contributed by atoms with E-state index in [4.69, 9.17) is 10.5 Å². The molecular formula is C14H23N3O. The molecule has 1 aliphatic heterocycles. The molecule has 0 amide bonds. The first-order valence-corrected chi connectivity index (χ1v) is 6.68. The Morgan fingerprint density at radius 1 is 1.61 bits per heavy atom. The second kappa shape index (κ2) is 6.16. The van der Waals surface area contributed by atoms with Crippen LogP contribution in [0.1, 0.15) is 31.4 Å². The van der Waals surface area contributed by atoms with Crippen LogP contribution < -0.4 is 10.6 Å². The number of aromatic nitrogens is 1. The van der Waals surface area contributed by atoms with Gasteiger partial charge >= 0.3 is 0 Å². The number of pyridine rings is 1. The van der Waals surface area contributed by atoms with E-state index in [0.717, 1.165) is 31.1 Å². The summed E-state index contributed by atoms with van der Waals surface area (Å²) in [5, 5.41) is 0. The molecule has 1 aromatic rings. The topological polar surface area (TPSA) is 51.4 Å². The third kappa shape index (κ3) is 3.21. The molecule has 1 saturated heterocycles. The molecule has 4 nitrogen and oxygen atoms in total. The minimum absolute atomic E-state index is 0.0127. The third-order valence-corrected chi connectivity index (χ3v) is 3.46. The summed E-state index contributed by atoms with van der Waals surface area (Å²) in [7, 11) is 2.09. The quantitative estimate of drug-likeness (QED) is 0.886. The van der Waals surface area contributed by atoms with E-state index in [2.05, 4.69) is 23.0 Å². The molecule has 0 aromatic carbocycles. The second-order valence-electron chi connectivity index (χ2n) is 5.17. The van der Waals surface area contributed by atoms with E-state index < -0.39 is 0 Å². The van der Waals surface area contributed by atoms with Gasteiger partial charge in [0.05, 0.1) is 6.61 Å². The maximum atomic E-state index is 5.99. The second-order valence-corrected chi connectivity index (χ2v) is 5.17. The summed E-state index contributed by atoms with van der Waals surface area (Å²) in [5.74, 6) is 1.60. The number of nitrogens with two attached hydrogens (primary N) is 1. The lowest BCUT2D eigenvalue weighted by Crippen LogP contribution is -2.32. The van der Waals surface area contributed by atoms with Crippen LogP contribution in [-0.2, 0) is 4.74 Å². The fourth-order valence-corrected chi connectivity index (χ4v) is 2.51. The van der Waals surface area contributed by atoms with Gasteiger partial charge in [0.2, 0.25) is 0 Å². The summed E-state index contributed by atoms with van der Waals surface area (Å²) in [6, 6.07) is 4.01. The average molecular weight is 249 g/mol. The Kier molecular flexibility index (Phi) is 4.55. The van der Waals surface area contributed by atoms with Crippen LogP contribution in [0, 0.1) is 5.92 Å². The van der Waals surface area contributed by atoms with Crippen LogP contribution in [-0.4, -0.2) is 31.8 Å². The maximum Gasteiger partial charge on any atom is 0.133 e. The van der Waals surface area contributed by atoms with Gasteiger partial charge in [0.1, 0.15) is 5.82 Å². The van der Waals surface area contributed by atoms with E-state index in [1.54, 1.807) is 0 Å². The van der Waals surface area contributed by atoms with E-state index in [1.165, 1.54) is 12.8 Å². The summed E-state index contributed by atoms with van der Waals surface area (Å²) in [4.78, 5) is 6.68. The number of hydrogen-bond donors (Lipinski definition) is 1. The Labute approximate surface area is 109 Å². The molecule has 2 atom stereocenters. The van der Waals surface area contributed by atoms with E-state index in [0.29, 0.717) is 5.92 Å². The number of hydrogen-bond acceptors (Lipinski definition) is 4. The van der Waals surface area contributed by atoms with Crippen molar-refractivity contribution in [2.45, 2.75) is 25.8 Å². The van der Waals surface area contributed by atoms with Crippen LogP contribution in [0.4, 0.5) is 5.82 Å². The molecule has 0 aliphatic carbocycles. The fraction of sp³-hybridized carbons (Fsp3) is 0.643. The van der Waals surface area contributed by atoms with E-state index in [-0.39, 0.29) is 6.04 Å². The lowest BCUT2D eigenvalue weighted by molar-refractivity contribution is 0.0576. The molecule has 0 bridgehead atoms. The number of nitrogens with zero attached hydrogens (tertiary/aromatic N) is 2. The average Bonchev–Trinajstić information content (AvgIpc) is 2.40. The molecule has 0 saturated carbocycles. The Morgan fingerprint density at radius 2 is 2.44 bits per heavy atom. The normalized spacial score (nSPS) is 21.6. The summed E-state index contributed by atoms with van der Waals surface area (Å²) in [6.45, 7) is 4.76. The van der Waals surface area contributed by atoms with Gasteiger partial charge in [0.15, 0.2) is 0 Å². The number of ether oxygens (including phenoxy) is 1. The van der Waals surface area contributed by atoms with Crippen molar-refractivity contribution in [2.75, 3.05) is 31.7 Å². The first-order valence-electron chi connectivity index (χ1n) is 6.68. The smallest absolute Gasteiger partial charge is 0.133 e. The van der Waals surface area contributed by atoms with Crippen LogP contribution in [0.15, 0.2) is 18.3 Å². The van der Waals surface area contributed by atoms with Crippen LogP contribution >= 0.6 is 0 Å². The minimum atomic E-state index is 0.0127. The molecule has 2 unspecified atom stereocenters. The highest BCUT2D eigenvalue weighted by atomic mass is 16.5. The number of anilines is 1. The standard InChI is InChI=1S/C14H23N3O/c1-11(15)13-6-3-7-16-14(13)17(2)9-12-5-4-8-18-10-12/h3,6-7,11-12H,4-5,8-10,15H2,1-2H3. The Bertz CT molecular complexity index is 375. The lowest BCUT2D eigenvalue weighted by atomic mass is 10.0. The SMILES string of the molecule is CC(N)c1cccnc1N(C)CC1CCCOC1. The molecule has 2 rings (SSSR count). The van der Waals surface area contributed by atoms with Gasteiger partial charge in [-0.3, -0.25) is 0 Å². The zero-order valence-corrected chi connectivity index (χ0v) is 11.3. The molecular weight excluding hydrogens is 226 g/mol. The highest BCUT2D eigenvalue weighted by Crippen LogP contribution is 2.23. The molecule has 2 heterocycles. The van der Waals surface area contributed by atoms with Gasteiger partial charge in [-0.2, -0.15) is 0 Å². The third-order valence-electron chi connectivity index (χ3n) is 3.46. The molecule has 0 radical (unpaired) electrons. The van der Waals surface area contributed by atoms with Gasteiger partial charge < -0.3 is 15.4 Å². The lowest BCUT2D eigenvalue weighted by Gasteiger charge is -2.29. The monoisotopic (exact) mass is 249 g/mol. The first kappa shape index (κ1) is 13.3. The Hall–Kier alpha value is -1.13. The van der Waals surface area contributed by atoms with Crippen LogP contribution in [0.25, 0.3) is 0 Å². The summed E-state index contributed by atoms with van der Waals surface area (Å²) < 4.78 is 5.52. The predicted molar refractivity (Wildman–Crippen MR) is 73.7 cm³/mol. The van der Waals surface area contributed by atoms with Gasteiger partial charge in [0, 0.05) is 38.0 Å². The molecule has 18 heavy (non-hydrogen) atoms. The van der Waals surface area contributed by atoms with Crippen LogP contribution in [0.3, 0.4) is 0 Å². The first-order chi connectivity index (χ1) is 8.68. The molecule has 100 valence electrons. The molecule has 1 aromatic heterocycles. The molecule has 1 aliphatic rings. The van der Waals surface area contributed by atoms with Crippen molar-refractivity contribution in [2.24, 2.45) is 11.7 Å². The van der Waals surface area contributed by atoms with Gasteiger partial charge in [-0.15, -0.1) is 0 Å². The van der Waals surface area contributed by atoms with Crippen molar-refractivity contribution in [3.63, 3.8) is 0 Å². The van der Waals surface area contributed by atoms with Crippen LogP contribution in [0.5, 0.6) is 0 Å². The molecule has 1 fully saturated rings. The summed E-state index contributed by atoms with van der Waals surface area (Å²) >= 11 is 0. The van der Waals surface area contributed by atoms with Crippen molar-refractivity contribution in [1.29, 1.82) is 0 Å². The molecule has 0 spiro atoms. The number of rotatable bonds is 4. The van der Waals surface area contributed by atoms with E-state index in [9.17, 15) is 0 Å². The zero-order chi connectivity index (χ0) is 13.0. The van der Waals surface area contributed by atoms with Gasteiger partial charge in [0.25, 0.3) is 0 Å². The van der Waals surface area contributed by atoms with E-state index in [1.807, 2.05) is 19.2 Å². The largest absolute Gasteiger partial charge is 0.381 e. The van der Waals surface area contributed by atoms with Crippen molar-refractivity contribution in [3.05, 3.63) is 23.9 Å². The highest BCUT2D eigenvalue weighted by Gasteiger charge is 2.18.